The highest BCUT2D eigenvalue weighted by molar-refractivity contribution is 5.80. The van der Waals surface area contributed by atoms with Crippen LogP contribution in [0.15, 0.2) is 0 Å². The van der Waals surface area contributed by atoms with Crippen molar-refractivity contribution in [1.82, 2.24) is 0 Å². The Balaban J connectivity index is 1.39. The molecule has 4 aliphatic rings. The molecule has 0 aromatic heterocycles. The predicted molar refractivity (Wildman–Crippen MR) is 123 cm³/mol. The number of hydrogen-bond donors (Lipinski definition) is 0. The van der Waals surface area contributed by atoms with Crippen molar-refractivity contribution in [3.63, 3.8) is 0 Å². The Kier molecular flexibility index (Phi) is 9.08. The van der Waals surface area contributed by atoms with E-state index >= 15 is 0 Å². The molecule has 4 rings (SSSR count). The van der Waals surface area contributed by atoms with Crippen molar-refractivity contribution in [2.24, 2.45) is 17.8 Å². The summed E-state index contributed by atoms with van der Waals surface area (Å²) in [6.07, 6.45) is 16.8. The molecule has 0 heterocycles. The zero-order valence-electron chi connectivity index (χ0n) is 20.1. The Morgan fingerprint density at radius 2 is 0.636 bits per heavy atom. The van der Waals surface area contributed by atoms with Gasteiger partial charge >= 0.3 is 17.9 Å². The highest BCUT2D eigenvalue weighted by Gasteiger charge is 2.42. The van der Waals surface area contributed by atoms with E-state index in [0.29, 0.717) is 19.3 Å². The average molecular weight is 463 g/mol. The van der Waals surface area contributed by atoms with E-state index in [4.69, 9.17) is 14.2 Å². The van der Waals surface area contributed by atoms with Crippen LogP contribution in [0.25, 0.3) is 0 Å². The molecular formula is C27H42O6. The molecule has 0 radical (unpaired) electrons. The first kappa shape index (κ1) is 24.5. The summed E-state index contributed by atoms with van der Waals surface area (Å²) >= 11 is 0. The first-order valence-electron chi connectivity index (χ1n) is 13.7. The van der Waals surface area contributed by atoms with Crippen molar-refractivity contribution in [2.45, 2.75) is 134 Å². The molecule has 0 amide bonds. The molecule has 4 aliphatic carbocycles. The fourth-order valence-electron chi connectivity index (χ4n) is 6.23. The number of esters is 3. The van der Waals surface area contributed by atoms with E-state index in [1.807, 2.05) is 0 Å². The van der Waals surface area contributed by atoms with Gasteiger partial charge in [0.15, 0.2) is 0 Å². The van der Waals surface area contributed by atoms with Crippen LogP contribution in [-0.4, -0.2) is 36.2 Å². The molecular weight excluding hydrogens is 420 g/mol. The lowest BCUT2D eigenvalue weighted by atomic mass is 9.75. The highest BCUT2D eigenvalue weighted by Crippen LogP contribution is 2.38. The van der Waals surface area contributed by atoms with Gasteiger partial charge in [0.2, 0.25) is 0 Å². The van der Waals surface area contributed by atoms with Gasteiger partial charge in [-0.15, -0.1) is 0 Å². The van der Waals surface area contributed by atoms with E-state index in [-0.39, 0.29) is 36.2 Å². The van der Waals surface area contributed by atoms with Crippen LogP contribution >= 0.6 is 0 Å². The van der Waals surface area contributed by atoms with E-state index in [1.54, 1.807) is 0 Å². The Labute approximate surface area is 198 Å². The molecule has 0 aromatic carbocycles. The molecule has 4 saturated carbocycles. The summed E-state index contributed by atoms with van der Waals surface area (Å²) in [6, 6.07) is 0. The summed E-state index contributed by atoms with van der Waals surface area (Å²) in [5.41, 5.74) is 0. The Hall–Kier alpha value is -1.59. The van der Waals surface area contributed by atoms with Crippen LogP contribution in [0.5, 0.6) is 0 Å². The molecule has 0 atom stereocenters. The van der Waals surface area contributed by atoms with E-state index in [1.165, 1.54) is 19.3 Å². The van der Waals surface area contributed by atoms with Crippen LogP contribution in [0.1, 0.15) is 116 Å². The quantitative estimate of drug-likeness (QED) is 0.375. The second kappa shape index (κ2) is 12.2. The van der Waals surface area contributed by atoms with Crippen molar-refractivity contribution in [1.29, 1.82) is 0 Å². The number of rotatable bonds is 6. The fourth-order valence-corrected chi connectivity index (χ4v) is 6.23. The average Bonchev–Trinajstić information content (AvgIpc) is 2.85. The summed E-state index contributed by atoms with van der Waals surface area (Å²) in [7, 11) is 0. The summed E-state index contributed by atoms with van der Waals surface area (Å²) < 4.78 is 17.5. The van der Waals surface area contributed by atoms with Crippen LogP contribution in [0.2, 0.25) is 0 Å². The maximum Gasteiger partial charge on any atom is 0.309 e. The third-order valence-corrected chi connectivity index (χ3v) is 8.21. The van der Waals surface area contributed by atoms with Gasteiger partial charge in [0, 0.05) is 0 Å². The predicted octanol–water partition coefficient (Wildman–Crippen LogP) is 5.65. The summed E-state index contributed by atoms with van der Waals surface area (Å²) in [4.78, 5) is 39.2. The maximum absolute atomic E-state index is 13.1. The normalized spacial score (nSPS) is 30.4. The fraction of sp³-hybridized carbons (Fsp3) is 0.889. The molecule has 4 fully saturated rings. The van der Waals surface area contributed by atoms with Gasteiger partial charge < -0.3 is 14.2 Å². The van der Waals surface area contributed by atoms with Crippen molar-refractivity contribution < 1.29 is 28.6 Å². The minimum Gasteiger partial charge on any atom is -0.462 e. The number of carbonyl (C=O) groups is 3. The van der Waals surface area contributed by atoms with Crippen LogP contribution in [-0.2, 0) is 28.6 Å². The minimum atomic E-state index is -0.437. The molecule has 186 valence electrons. The van der Waals surface area contributed by atoms with Crippen molar-refractivity contribution in [3.05, 3.63) is 0 Å². The lowest BCUT2D eigenvalue weighted by Gasteiger charge is -2.34. The molecule has 0 aliphatic heterocycles. The van der Waals surface area contributed by atoms with Crippen LogP contribution < -0.4 is 0 Å². The zero-order chi connectivity index (χ0) is 23.0. The molecule has 0 unspecified atom stereocenters. The SMILES string of the molecule is O=C(OC1CCCCC1)C1CC(C(=O)OC2CCCCC2)CC(C(=O)OC2CCCCC2)C1. The molecule has 33 heavy (non-hydrogen) atoms. The minimum absolute atomic E-state index is 0.0199. The first-order valence-corrected chi connectivity index (χ1v) is 13.7. The largest absolute Gasteiger partial charge is 0.462 e. The van der Waals surface area contributed by atoms with Gasteiger partial charge in [-0.2, -0.15) is 0 Å². The maximum atomic E-state index is 13.1. The molecule has 0 N–H and O–H groups in total. The van der Waals surface area contributed by atoms with Crippen LogP contribution in [0, 0.1) is 17.8 Å². The van der Waals surface area contributed by atoms with E-state index in [0.717, 1.165) is 77.0 Å². The van der Waals surface area contributed by atoms with Gasteiger partial charge in [-0.3, -0.25) is 14.4 Å². The summed E-state index contributed by atoms with van der Waals surface area (Å²) in [5.74, 6) is -2.04. The van der Waals surface area contributed by atoms with E-state index < -0.39 is 17.8 Å². The monoisotopic (exact) mass is 462 g/mol. The molecule has 0 aromatic rings. The number of carbonyl (C=O) groups excluding carboxylic acids is 3. The van der Waals surface area contributed by atoms with Crippen molar-refractivity contribution in [2.75, 3.05) is 0 Å². The van der Waals surface area contributed by atoms with E-state index in [9.17, 15) is 14.4 Å². The number of hydrogen-bond acceptors (Lipinski definition) is 6. The third kappa shape index (κ3) is 7.19. The van der Waals surface area contributed by atoms with Crippen molar-refractivity contribution >= 4 is 17.9 Å². The smallest absolute Gasteiger partial charge is 0.309 e. The van der Waals surface area contributed by atoms with E-state index in [2.05, 4.69) is 0 Å². The molecule has 6 nitrogen and oxygen atoms in total. The summed E-state index contributed by atoms with van der Waals surface area (Å²) in [6.45, 7) is 0. The van der Waals surface area contributed by atoms with Gasteiger partial charge in [-0.05, 0) is 96.3 Å². The molecule has 0 spiro atoms. The lowest BCUT2D eigenvalue weighted by Crippen LogP contribution is -2.39. The summed E-state index contributed by atoms with van der Waals surface area (Å²) in [5, 5.41) is 0. The molecule has 6 heteroatoms. The highest BCUT2D eigenvalue weighted by atomic mass is 16.6. The van der Waals surface area contributed by atoms with Gasteiger partial charge in [0.25, 0.3) is 0 Å². The Morgan fingerprint density at radius 3 is 0.879 bits per heavy atom. The second-order valence-corrected chi connectivity index (χ2v) is 10.9. The number of ether oxygens (including phenoxy) is 3. The van der Waals surface area contributed by atoms with Gasteiger partial charge in [-0.25, -0.2) is 0 Å². The second-order valence-electron chi connectivity index (χ2n) is 10.9. The lowest BCUT2D eigenvalue weighted by molar-refractivity contribution is -0.168. The standard InChI is InChI=1S/C27H42O6/c28-25(31-22-10-4-1-5-11-22)19-16-20(26(29)32-23-12-6-2-7-13-23)18-21(17-19)27(30)33-24-14-8-3-9-15-24/h19-24H,1-18H2. The molecule has 0 bridgehead atoms. The van der Waals surface area contributed by atoms with Gasteiger partial charge in [0.1, 0.15) is 18.3 Å². The van der Waals surface area contributed by atoms with Gasteiger partial charge in [0.05, 0.1) is 17.8 Å². The van der Waals surface area contributed by atoms with Crippen LogP contribution in [0.3, 0.4) is 0 Å². The van der Waals surface area contributed by atoms with Crippen molar-refractivity contribution in [3.8, 4) is 0 Å². The molecule has 0 saturated heterocycles. The Bertz CT molecular complexity index is 561. The Morgan fingerprint density at radius 1 is 0.394 bits per heavy atom. The third-order valence-electron chi connectivity index (χ3n) is 8.21. The first-order chi connectivity index (χ1) is 16.1. The topological polar surface area (TPSA) is 78.9 Å². The zero-order valence-corrected chi connectivity index (χ0v) is 20.1. The van der Waals surface area contributed by atoms with Gasteiger partial charge in [-0.1, -0.05) is 19.3 Å². The van der Waals surface area contributed by atoms with Crippen LogP contribution in [0.4, 0.5) is 0 Å².